The molecule has 0 aliphatic rings. The molecule has 1 aromatic heterocycles. The highest BCUT2D eigenvalue weighted by Crippen LogP contribution is 2.21. The second-order valence-corrected chi connectivity index (χ2v) is 6.02. The highest BCUT2D eigenvalue weighted by Gasteiger charge is 2.27. The normalized spacial score (nSPS) is 12.5. The zero-order valence-corrected chi connectivity index (χ0v) is 11.4. The Morgan fingerprint density at radius 2 is 2.00 bits per heavy atom. The molecule has 0 amide bonds. The van der Waals surface area contributed by atoms with E-state index in [0.717, 1.165) is 0 Å². The van der Waals surface area contributed by atoms with Crippen LogP contribution in [0, 0.1) is 6.92 Å². The minimum Gasteiger partial charge on any atom is -0.251 e. The third kappa shape index (κ3) is 6.58. The van der Waals surface area contributed by atoms with E-state index in [9.17, 15) is 21.6 Å². The van der Waals surface area contributed by atoms with Crippen molar-refractivity contribution in [3.8, 4) is 0 Å². The van der Waals surface area contributed by atoms with E-state index in [0.29, 0.717) is 5.69 Å². The molecule has 0 aliphatic carbocycles. The van der Waals surface area contributed by atoms with Crippen molar-refractivity contribution in [1.82, 2.24) is 9.97 Å². The fourth-order valence-electron chi connectivity index (χ4n) is 1.23. The summed E-state index contributed by atoms with van der Waals surface area (Å²) in [7, 11) is -3.92. The number of anilines is 1. The number of halogens is 4. The second-order valence-electron chi connectivity index (χ2n) is 3.80. The fourth-order valence-corrected chi connectivity index (χ4v) is 2.46. The number of nitrogens with zero attached hydrogens (tertiary/aromatic N) is 2. The quantitative estimate of drug-likeness (QED) is 0.847. The number of sulfonamides is 1. The number of aromatic nitrogens is 2. The molecule has 1 rings (SSSR count). The molecule has 0 aliphatic heterocycles. The Kier molecular flexibility index (Phi) is 4.97. The Morgan fingerprint density at radius 3 is 2.53 bits per heavy atom. The molecule has 0 saturated heterocycles. The maximum absolute atomic E-state index is 11.9. The molecule has 0 fully saturated rings. The molecule has 0 bridgehead atoms. The van der Waals surface area contributed by atoms with Crippen molar-refractivity contribution >= 4 is 27.6 Å². The van der Waals surface area contributed by atoms with E-state index in [1.165, 1.54) is 6.07 Å². The van der Waals surface area contributed by atoms with Crippen molar-refractivity contribution in [2.24, 2.45) is 0 Å². The first-order valence-corrected chi connectivity index (χ1v) is 7.19. The maximum atomic E-state index is 11.9. The number of alkyl halides is 3. The van der Waals surface area contributed by atoms with Gasteiger partial charge in [0.2, 0.25) is 16.0 Å². The van der Waals surface area contributed by atoms with Crippen LogP contribution in [0.1, 0.15) is 18.5 Å². The Hall–Kier alpha value is -1.09. The van der Waals surface area contributed by atoms with E-state index in [-0.39, 0.29) is 11.1 Å². The summed E-state index contributed by atoms with van der Waals surface area (Å²) in [5.41, 5.74) is 0.438. The van der Waals surface area contributed by atoms with Crippen molar-refractivity contribution in [1.29, 1.82) is 0 Å². The molecule has 0 aromatic carbocycles. The average Bonchev–Trinajstić information content (AvgIpc) is 2.11. The lowest BCUT2D eigenvalue weighted by Crippen LogP contribution is -2.20. The van der Waals surface area contributed by atoms with Gasteiger partial charge in [0.15, 0.2) is 0 Å². The van der Waals surface area contributed by atoms with E-state index in [4.69, 9.17) is 11.6 Å². The zero-order valence-electron chi connectivity index (χ0n) is 9.83. The van der Waals surface area contributed by atoms with Gasteiger partial charge in [-0.05, 0) is 19.4 Å². The van der Waals surface area contributed by atoms with Crippen molar-refractivity contribution < 1.29 is 21.6 Å². The monoisotopic (exact) mass is 317 g/mol. The minimum absolute atomic E-state index is 0.0421. The van der Waals surface area contributed by atoms with Gasteiger partial charge in [-0.15, -0.1) is 0 Å². The predicted octanol–water partition coefficient (Wildman–Crippen LogP) is 2.52. The summed E-state index contributed by atoms with van der Waals surface area (Å²) in [6.45, 7) is 1.58. The highest BCUT2D eigenvalue weighted by molar-refractivity contribution is 7.92. The molecule has 0 radical (unpaired) electrons. The topological polar surface area (TPSA) is 72.0 Å². The van der Waals surface area contributed by atoms with Crippen LogP contribution in [0.4, 0.5) is 19.1 Å². The van der Waals surface area contributed by atoms with Crippen LogP contribution in [0.15, 0.2) is 6.07 Å². The largest absolute Gasteiger partial charge is 0.389 e. The molecule has 10 heteroatoms. The summed E-state index contributed by atoms with van der Waals surface area (Å²) in [5.74, 6) is -0.918. The molecule has 1 heterocycles. The van der Waals surface area contributed by atoms with Crippen LogP contribution < -0.4 is 4.72 Å². The van der Waals surface area contributed by atoms with Crippen molar-refractivity contribution in [2.75, 3.05) is 10.5 Å². The van der Waals surface area contributed by atoms with E-state index < -0.39 is 34.8 Å². The van der Waals surface area contributed by atoms with Gasteiger partial charge in [0.25, 0.3) is 0 Å². The first-order valence-electron chi connectivity index (χ1n) is 5.16. The summed E-state index contributed by atoms with van der Waals surface area (Å²) in [5, 5.41) is 0.0421. The summed E-state index contributed by atoms with van der Waals surface area (Å²) >= 11 is 5.61. The van der Waals surface area contributed by atoms with Crippen molar-refractivity contribution in [3.05, 3.63) is 16.9 Å². The lowest BCUT2D eigenvalue weighted by molar-refractivity contribution is -0.134. The van der Waals surface area contributed by atoms with Crippen LogP contribution in [-0.4, -0.2) is 30.3 Å². The van der Waals surface area contributed by atoms with Gasteiger partial charge < -0.3 is 0 Å². The van der Waals surface area contributed by atoms with E-state index in [1.54, 1.807) is 6.92 Å². The number of hydrogen-bond acceptors (Lipinski definition) is 4. The maximum Gasteiger partial charge on any atom is 0.389 e. The molecule has 108 valence electrons. The van der Waals surface area contributed by atoms with Crippen molar-refractivity contribution in [3.63, 3.8) is 0 Å². The smallest absolute Gasteiger partial charge is 0.251 e. The van der Waals surface area contributed by atoms with E-state index in [2.05, 4.69) is 9.97 Å². The van der Waals surface area contributed by atoms with Gasteiger partial charge in [-0.3, -0.25) is 4.72 Å². The predicted molar refractivity (Wildman–Crippen MR) is 64.5 cm³/mol. The molecular weight excluding hydrogens is 307 g/mol. The number of rotatable bonds is 5. The summed E-state index contributed by atoms with van der Waals surface area (Å²) < 4.78 is 60.7. The summed E-state index contributed by atoms with van der Waals surface area (Å²) in [6.07, 6.45) is -6.07. The van der Waals surface area contributed by atoms with Gasteiger partial charge in [-0.25, -0.2) is 18.4 Å². The van der Waals surface area contributed by atoms with Gasteiger partial charge in [0.1, 0.15) is 5.15 Å². The van der Waals surface area contributed by atoms with Gasteiger partial charge in [0.05, 0.1) is 5.75 Å². The number of hydrogen-bond donors (Lipinski definition) is 1. The third-order valence-corrected chi connectivity index (χ3v) is 3.46. The van der Waals surface area contributed by atoms with E-state index >= 15 is 0 Å². The van der Waals surface area contributed by atoms with Gasteiger partial charge in [-0.1, -0.05) is 11.6 Å². The molecule has 0 unspecified atom stereocenters. The molecule has 0 atom stereocenters. The second kappa shape index (κ2) is 5.91. The van der Waals surface area contributed by atoms with Crippen LogP contribution in [0.25, 0.3) is 0 Å². The summed E-state index contributed by atoms with van der Waals surface area (Å²) in [6, 6.07) is 1.42. The molecular formula is C9H11ClF3N3O2S. The average molecular weight is 318 g/mol. The van der Waals surface area contributed by atoms with E-state index in [1.807, 2.05) is 4.72 Å². The Bertz CT molecular complexity index is 528. The van der Waals surface area contributed by atoms with Crippen molar-refractivity contribution in [2.45, 2.75) is 25.9 Å². The zero-order chi connectivity index (χ0) is 14.7. The standard InChI is InChI=1S/C9H11ClF3N3O2S/c1-6-5-7(10)15-8(14-6)16-19(17,18)4-2-3-9(11,12)13/h5H,2-4H2,1H3,(H,14,15,16). The van der Waals surface area contributed by atoms with Gasteiger partial charge in [0, 0.05) is 12.1 Å². The minimum atomic E-state index is -4.38. The number of aryl methyl sites for hydroxylation is 1. The Labute approximate surface area is 113 Å². The SMILES string of the molecule is Cc1cc(Cl)nc(NS(=O)(=O)CCCC(F)(F)F)n1. The van der Waals surface area contributed by atoms with Crippen LogP contribution in [0.3, 0.4) is 0 Å². The van der Waals surface area contributed by atoms with Crippen LogP contribution in [0.5, 0.6) is 0 Å². The van der Waals surface area contributed by atoms with Crippen LogP contribution >= 0.6 is 11.6 Å². The first kappa shape index (κ1) is 16.0. The molecule has 0 saturated carbocycles. The van der Waals surface area contributed by atoms with Gasteiger partial charge in [-0.2, -0.15) is 13.2 Å². The van der Waals surface area contributed by atoms with Crippen LogP contribution in [-0.2, 0) is 10.0 Å². The summed E-state index contributed by atoms with van der Waals surface area (Å²) in [4.78, 5) is 7.39. The molecule has 5 nitrogen and oxygen atoms in total. The molecule has 1 N–H and O–H groups in total. The lowest BCUT2D eigenvalue weighted by atomic mass is 10.3. The Balaban J connectivity index is 2.64. The molecule has 0 spiro atoms. The Morgan fingerprint density at radius 1 is 1.37 bits per heavy atom. The van der Waals surface area contributed by atoms with Gasteiger partial charge >= 0.3 is 6.18 Å². The lowest BCUT2D eigenvalue weighted by Gasteiger charge is -2.08. The first-order chi connectivity index (χ1) is 8.57. The van der Waals surface area contributed by atoms with Crippen LogP contribution in [0.2, 0.25) is 5.15 Å². The fraction of sp³-hybridized carbons (Fsp3) is 0.556. The third-order valence-electron chi connectivity index (χ3n) is 1.94. The highest BCUT2D eigenvalue weighted by atomic mass is 35.5. The molecule has 19 heavy (non-hydrogen) atoms. The number of nitrogens with one attached hydrogen (secondary N) is 1. The molecule has 1 aromatic rings.